The van der Waals surface area contributed by atoms with Crippen molar-refractivity contribution in [1.82, 2.24) is 10.2 Å². The summed E-state index contributed by atoms with van der Waals surface area (Å²) in [4.78, 5) is 16.2. The zero-order valence-electron chi connectivity index (χ0n) is 15.3. The van der Waals surface area contributed by atoms with E-state index >= 15 is 0 Å². The average Bonchev–Trinajstić information content (AvgIpc) is 3.36. The molecule has 3 aliphatic heterocycles. The van der Waals surface area contributed by atoms with E-state index in [2.05, 4.69) is 24.1 Å². The Morgan fingerprint density at radius 1 is 1.19 bits per heavy atom. The molecule has 2 aromatic rings. The zero-order valence-corrected chi connectivity index (χ0v) is 16.2. The SMILES string of the molecule is CC1(C)C(NC(=O)c2cc3cc(F)cc(C4CC4)c3s2)C2CCN1CC2. The van der Waals surface area contributed by atoms with Gasteiger partial charge in [-0.2, -0.15) is 0 Å². The normalized spacial score (nSPS) is 29.9. The number of carbonyl (C=O) groups excluding carboxylic acids is 1. The monoisotopic (exact) mass is 372 g/mol. The van der Waals surface area contributed by atoms with E-state index < -0.39 is 0 Å². The van der Waals surface area contributed by atoms with Gasteiger partial charge in [0, 0.05) is 16.3 Å². The summed E-state index contributed by atoms with van der Waals surface area (Å²) in [5, 5.41) is 4.20. The van der Waals surface area contributed by atoms with E-state index in [1.165, 1.54) is 11.3 Å². The second kappa shape index (κ2) is 5.77. The first kappa shape index (κ1) is 16.7. The summed E-state index contributed by atoms with van der Waals surface area (Å²) in [6.07, 6.45) is 4.59. The van der Waals surface area contributed by atoms with Crippen molar-refractivity contribution in [2.24, 2.45) is 5.92 Å². The maximum absolute atomic E-state index is 14.0. The molecule has 6 rings (SSSR count). The van der Waals surface area contributed by atoms with Crippen molar-refractivity contribution in [2.45, 2.75) is 57.0 Å². The Bertz CT molecular complexity index is 878. The molecule has 26 heavy (non-hydrogen) atoms. The van der Waals surface area contributed by atoms with Gasteiger partial charge in [-0.15, -0.1) is 11.3 Å². The molecule has 1 saturated carbocycles. The van der Waals surface area contributed by atoms with Crippen molar-refractivity contribution < 1.29 is 9.18 Å². The number of nitrogens with one attached hydrogen (secondary N) is 1. The van der Waals surface area contributed by atoms with E-state index in [0.717, 1.165) is 54.4 Å². The highest BCUT2D eigenvalue weighted by Crippen LogP contribution is 2.45. The predicted octanol–water partition coefficient (Wildman–Crippen LogP) is 4.52. The Labute approximate surface area is 157 Å². The minimum Gasteiger partial charge on any atom is -0.346 e. The Hall–Kier alpha value is -1.46. The van der Waals surface area contributed by atoms with Crippen LogP contribution in [0.15, 0.2) is 18.2 Å². The van der Waals surface area contributed by atoms with E-state index in [9.17, 15) is 9.18 Å². The largest absolute Gasteiger partial charge is 0.346 e. The van der Waals surface area contributed by atoms with Gasteiger partial charge in [-0.05, 0) is 93.6 Å². The number of fused-ring (bicyclic) bond motifs is 4. The van der Waals surface area contributed by atoms with Crippen LogP contribution >= 0.6 is 11.3 Å². The van der Waals surface area contributed by atoms with Crippen LogP contribution in [0.5, 0.6) is 0 Å². The molecule has 3 nitrogen and oxygen atoms in total. The predicted molar refractivity (Wildman–Crippen MR) is 103 cm³/mol. The quantitative estimate of drug-likeness (QED) is 0.859. The lowest BCUT2D eigenvalue weighted by molar-refractivity contribution is -0.0377. The highest BCUT2D eigenvalue weighted by molar-refractivity contribution is 7.21. The van der Waals surface area contributed by atoms with Crippen molar-refractivity contribution in [3.63, 3.8) is 0 Å². The van der Waals surface area contributed by atoms with Crippen LogP contribution in [0, 0.1) is 11.7 Å². The average molecular weight is 373 g/mol. The number of benzene rings is 1. The minimum atomic E-state index is -0.192. The van der Waals surface area contributed by atoms with Crippen LogP contribution in [0.4, 0.5) is 4.39 Å². The molecular formula is C21H25FN2OS. The number of amides is 1. The third kappa shape index (κ3) is 2.59. The van der Waals surface area contributed by atoms with E-state index in [0.29, 0.717) is 16.7 Å². The molecule has 138 valence electrons. The second-order valence-corrected chi connectivity index (χ2v) is 9.78. The zero-order chi connectivity index (χ0) is 18.1. The molecule has 1 amide bonds. The van der Waals surface area contributed by atoms with E-state index in [-0.39, 0.29) is 23.3 Å². The fourth-order valence-corrected chi connectivity index (χ4v) is 6.18. The van der Waals surface area contributed by atoms with Crippen molar-refractivity contribution in [1.29, 1.82) is 0 Å². The first-order valence-electron chi connectivity index (χ1n) is 9.72. The molecule has 1 atom stereocenters. The molecule has 4 heterocycles. The maximum atomic E-state index is 14.0. The number of thiophene rings is 1. The maximum Gasteiger partial charge on any atom is 0.261 e. The van der Waals surface area contributed by atoms with Gasteiger partial charge in [-0.25, -0.2) is 4.39 Å². The molecule has 2 bridgehead atoms. The minimum absolute atomic E-state index is 0.000167. The first-order valence-corrected chi connectivity index (χ1v) is 10.5. The summed E-state index contributed by atoms with van der Waals surface area (Å²) in [6, 6.07) is 5.28. The number of carbonyl (C=O) groups is 1. The highest BCUT2D eigenvalue weighted by atomic mass is 32.1. The molecule has 0 radical (unpaired) electrons. The van der Waals surface area contributed by atoms with Crippen LogP contribution in [0.2, 0.25) is 0 Å². The number of piperidine rings is 3. The van der Waals surface area contributed by atoms with Gasteiger partial charge < -0.3 is 5.32 Å². The highest BCUT2D eigenvalue weighted by Gasteiger charge is 2.48. The topological polar surface area (TPSA) is 32.3 Å². The molecule has 1 aliphatic carbocycles. The van der Waals surface area contributed by atoms with Crippen LogP contribution in [0.25, 0.3) is 10.1 Å². The van der Waals surface area contributed by atoms with Gasteiger partial charge in [0.15, 0.2) is 0 Å². The summed E-state index contributed by atoms with van der Waals surface area (Å²) < 4.78 is 15.1. The summed E-state index contributed by atoms with van der Waals surface area (Å²) >= 11 is 1.53. The van der Waals surface area contributed by atoms with Gasteiger partial charge in [-0.3, -0.25) is 9.69 Å². The molecule has 1 aromatic carbocycles. The number of hydrogen-bond acceptors (Lipinski definition) is 3. The van der Waals surface area contributed by atoms with E-state index in [4.69, 9.17) is 0 Å². The molecule has 1 N–H and O–H groups in total. The number of rotatable bonds is 3. The Morgan fingerprint density at radius 3 is 2.58 bits per heavy atom. The fraction of sp³-hybridized carbons (Fsp3) is 0.571. The van der Waals surface area contributed by atoms with E-state index in [1.807, 2.05) is 6.07 Å². The first-order chi connectivity index (χ1) is 12.4. The number of nitrogens with zero attached hydrogens (tertiary/aromatic N) is 1. The molecule has 4 aliphatic rings. The Balaban J connectivity index is 1.45. The molecule has 4 fully saturated rings. The Kier molecular flexibility index (Phi) is 3.70. The van der Waals surface area contributed by atoms with Crippen LogP contribution in [0.3, 0.4) is 0 Å². The van der Waals surface area contributed by atoms with Gasteiger partial charge in [0.05, 0.1) is 4.88 Å². The van der Waals surface area contributed by atoms with E-state index in [1.54, 1.807) is 12.1 Å². The molecule has 5 heteroatoms. The van der Waals surface area contributed by atoms with Crippen LogP contribution < -0.4 is 5.32 Å². The number of hydrogen-bond donors (Lipinski definition) is 1. The summed E-state index contributed by atoms with van der Waals surface area (Å²) in [5.74, 6) is 0.847. The smallest absolute Gasteiger partial charge is 0.261 e. The third-order valence-corrected chi connectivity index (χ3v) is 7.92. The third-order valence-electron chi connectivity index (χ3n) is 6.72. The van der Waals surface area contributed by atoms with Crippen LogP contribution in [-0.4, -0.2) is 35.5 Å². The van der Waals surface area contributed by atoms with Gasteiger partial charge in [0.1, 0.15) is 5.82 Å². The summed E-state index contributed by atoms with van der Waals surface area (Å²) in [7, 11) is 0. The summed E-state index contributed by atoms with van der Waals surface area (Å²) in [5.41, 5.74) is 1.09. The van der Waals surface area contributed by atoms with Crippen molar-refractivity contribution in [3.8, 4) is 0 Å². The van der Waals surface area contributed by atoms with Crippen LogP contribution in [-0.2, 0) is 0 Å². The molecule has 0 spiro atoms. The summed E-state index contributed by atoms with van der Waals surface area (Å²) in [6.45, 7) is 6.76. The number of halogens is 1. The van der Waals surface area contributed by atoms with Gasteiger partial charge in [0.2, 0.25) is 0 Å². The lowest BCUT2D eigenvalue weighted by atomic mass is 9.72. The fourth-order valence-electron chi connectivity index (χ4n) is 5.04. The second-order valence-electron chi connectivity index (χ2n) is 8.73. The van der Waals surface area contributed by atoms with Crippen LogP contribution in [0.1, 0.15) is 60.7 Å². The standard InChI is InChI=1S/C21H25FN2OS/c1-21(2)19(13-5-7-24(21)8-6-13)23-20(25)17-10-14-9-15(22)11-16(12-3-4-12)18(14)26-17/h9-13,19H,3-8H2,1-2H3,(H,23,25). The lowest BCUT2D eigenvalue weighted by Crippen LogP contribution is -2.69. The van der Waals surface area contributed by atoms with Gasteiger partial charge >= 0.3 is 0 Å². The molecule has 1 aromatic heterocycles. The van der Waals surface area contributed by atoms with Crippen molar-refractivity contribution in [2.75, 3.05) is 13.1 Å². The molecule has 1 unspecified atom stereocenters. The Morgan fingerprint density at radius 2 is 1.92 bits per heavy atom. The lowest BCUT2D eigenvalue weighted by Gasteiger charge is -2.56. The molecular weight excluding hydrogens is 347 g/mol. The van der Waals surface area contributed by atoms with Gasteiger partial charge in [-0.1, -0.05) is 0 Å². The molecule has 3 saturated heterocycles. The van der Waals surface area contributed by atoms with Crippen molar-refractivity contribution in [3.05, 3.63) is 34.5 Å². The van der Waals surface area contributed by atoms with Gasteiger partial charge in [0.25, 0.3) is 5.91 Å². The van der Waals surface area contributed by atoms with Crippen molar-refractivity contribution >= 4 is 27.3 Å².